The number of fused-ring (bicyclic) bond motifs is 1. The van der Waals surface area contributed by atoms with Gasteiger partial charge in [-0.25, -0.2) is 13.1 Å². The van der Waals surface area contributed by atoms with Crippen LogP contribution in [0.3, 0.4) is 0 Å². The van der Waals surface area contributed by atoms with Crippen LogP contribution in [-0.2, 0) is 27.8 Å². The lowest BCUT2D eigenvalue weighted by molar-refractivity contribution is -0.130. The van der Waals surface area contributed by atoms with E-state index in [0.717, 1.165) is 22.5 Å². The van der Waals surface area contributed by atoms with Crippen molar-refractivity contribution >= 4 is 27.3 Å². The van der Waals surface area contributed by atoms with Crippen molar-refractivity contribution < 1.29 is 22.7 Å². The second-order valence-electron chi connectivity index (χ2n) is 5.80. The minimum atomic E-state index is -3.65. The molecule has 2 aromatic rings. The quantitative estimate of drug-likeness (QED) is 0.802. The first-order valence-electron chi connectivity index (χ1n) is 7.99. The molecule has 0 fully saturated rings. The second-order valence-corrected chi connectivity index (χ2v) is 8.74. The number of sulfonamides is 1. The van der Waals surface area contributed by atoms with Crippen molar-refractivity contribution in [3.63, 3.8) is 0 Å². The smallest absolute Gasteiger partial charge is 0.250 e. The highest BCUT2D eigenvalue weighted by molar-refractivity contribution is 7.91. The summed E-state index contributed by atoms with van der Waals surface area (Å²) in [4.78, 5) is 14.1. The summed E-state index contributed by atoms with van der Waals surface area (Å²) < 4.78 is 37.5. The van der Waals surface area contributed by atoms with E-state index in [9.17, 15) is 13.2 Å². The number of hydrogen-bond donors (Lipinski definition) is 1. The van der Waals surface area contributed by atoms with Crippen LogP contribution < -0.4 is 14.2 Å². The van der Waals surface area contributed by atoms with Crippen LogP contribution in [0.25, 0.3) is 0 Å². The molecular formula is C17H20N2O5S2. The summed E-state index contributed by atoms with van der Waals surface area (Å²) in [5.74, 6) is 1.01. The molecule has 0 saturated heterocycles. The fourth-order valence-electron chi connectivity index (χ4n) is 2.85. The van der Waals surface area contributed by atoms with Crippen LogP contribution in [0, 0.1) is 0 Å². The third-order valence-corrected chi connectivity index (χ3v) is 7.04. The first-order chi connectivity index (χ1) is 12.4. The molecule has 140 valence electrons. The minimum absolute atomic E-state index is 0.200. The van der Waals surface area contributed by atoms with Crippen molar-refractivity contribution in [3.05, 3.63) is 40.8 Å². The summed E-state index contributed by atoms with van der Waals surface area (Å²) in [7, 11) is -0.496. The second kappa shape index (κ2) is 7.65. The molecule has 0 atom stereocenters. The fourth-order valence-corrected chi connectivity index (χ4v) is 4.86. The van der Waals surface area contributed by atoms with Crippen molar-refractivity contribution in [1.82, 2.24) is 9.62 Å². The van der Waals surface area contributed by atoms with Gasteiger partial charge in [0, 0.05) is 13.1 Å². The van der Waals surface area contributed by atoms with Crippen molar-refractivity contribution in [3.8, 4) is 11.5 Å². The largest absolute Gasteiger partial charge is 0.493 e. The van der Waals surface area contributed by atoms with E-state index in [4.69, 9.17) is 9.47 Å². The summed E-state index contributed by atoms with van der Waals surface area (Å²) in [6, 6.07) is 6.96. The zero-order valence-electron chi connectivity index (χ0n) is 14.5. The van der Waals surface area contributed by atoms with Gasteiger partial charge >= 0.3 is 0 Å². The van der Waals surface area contributed by atoms with Crippen LogP contribution in [0.15, 0.2) is 33.9 Å². The molecule has 1 N–H and O–H groups in total. The normalized spacial score (nSPS) is 14.0. The van der Waals surface area contributed by atoms with Crippen LogP contribution in [-0.4, -0.2) is 46.5 Å². The molecule has 26 heavy (non-hydrogen) atoms. The average molecular weight is 396 g/mol. The molecule has 7 nitrogen and oxygen atoms in total. The summed E-state index contributed by atoms with van der Waals surface area (Å²) in [5, 5.41) is 1.68. The molecule has 0 unspecified atom stereocenters. The third kappa shape index (κ3) is 3.84. The molecule has 2 heterocycles. The van der Waals surface area contributed by atoms with E-state index in [0.29, 0.717) is 31.0 Å². The van der Waals surface area contributed by atoms with E-state index in [1.54, 1.807) is 30.6 Å². The van der Waals surface area contributed by atoms with E-state index in [2.05, 4.69) is 4.72 Å². The van der Waals surface area contributed by atoms with Gasteiger partial charge < -0.3 is 14.4 Å². The lowest BCUT2D eigenvalue weighted by Gasteiger charge is -2.29. The molecular weight excluding hydrogens is 376 g/mol. The highest BCUT2D eigenvalue weighted by Crippen LogP contribution is 2.33. The summed E-state index contributed by atoms with van der Waals surface area (Å²) >= 11 is 1.11. The van der Waals surface area contributed by atoms with Gasteiger partial charge in [0.15, 0.2) is 11.5 Å². The van der Waals surface area contributed by atoms with E-state index >= 15 is 0 Å². The maximum absolute atomic E-state index is 12.4. The summed E-state index contributed by atoms with van der Waals surface area (Å²) in [6.45, 7) is 0.681. The predicted molar refractivity (Wildman–Crippen MR) is 98.2 cm³/mol. The molecule has 9 heteroatoms. The molecule has 3 rings (SSSR count). The molecule has 0 spiro atoms. The standard InChI is InChI=1S/C17H20N2O5S2/c1-23-14-8-12-5-6-19(11-13(12)9-15(14)24-2)16(20)10-18-26(21,22)17-4-3-7-25-17/h3-4,7-9,18H,5-6,10-11H2,1-2H3. The number of carbonyl (C=O) groups excluding carboxylic acids is 1. The number of rotatable bonds is 6. The number of amides is 1. The molecule has 1 aliphatic rings. The lowest BCUT2D eigenvalue weighted by atomic mass is 9.98. The van der Waals surface area contributed by atoms with Crippen molar-refractivity contribution in [1.29, 1.82) is 0 Å². The molecule has 1 aromatic heterocycles. The van der Waals surface area contributed by atoms with E-state index in [-0.39, 0.29) is 16.7 Å². The maximum Gasteiger partial charge on any atom is 0.250 e. The number of nitrogens with zero attached hydrogens (tertiary/aromatic N) is 1. The first kappa shape index (κ1) is 18.7. The number of ether oxygens (including phenoxy) is 2. The Balaban J connectivity index is 1.67. The van der Waals surface area contributed by atoms with Crippen molar-refractivity contribution in [2.24, 2.45) is 0 Å². The SMILES string of the molecule is COc1cc2c(cc1OC)CN(C(=O)CNS(=O)(=O)c1cccs1)CC2. The van der Waals surface area contributed by atoms with Crippen LogP contribution in [0.5, 0.6) is 11.5 Å². The summed E-state index contributed by atoms with van der Waals surface area (Å²) in [5.41, 5.74) is 2.08. The number of benzene rings is 1. The number of nitrogens with one attached hydrogen (secondary N) is 1. The Labute approximate surface area is 156 Å². The Kier molecular flexibility index (Phi) is 5.49. The monoisotopic (exact) mass is 396 g/mol. The zero-order valence-corrected chi connectivity index (χ0v) is 16.2. The average Bonchev–Trinajstić information content (AvgIpc) is 3.20. The van der Waals surface area contributed by atoms with E-state index in [1.807, 2.05) is 12.1 Å². The number of methoxy groups -OCH3 is 2. The van der Waals surface area contributed by atoms with Gasteiger partial charge in [-0.1, -0.05) is 6.07 Å². The van der Waals surface area contributed by atoms with Gasteiger partial charge in [0.25, 0.3) is 10.0 Å². The van der Waals surface area contributed by atoms with Crippen LogP contribution in [0.2, 0.25) is 0 Å². The van der Waals surface area contributed by atoms with Gasteiger partial charge in [0.1, 0.15) is 4.21 Å². The highest BCUT2D eigenvalue weighted by atomic mass is 32.2. The Morgan fingerprint density at radius 3 is 2.54 bits per heavy atom. The van der Waals surface area contributed by atoms with Gasteiger partial charge in [-0.3, -0.25) is 4.79 Å². The van der Waals surface area contributed by atoms with Gasteiger partial charge in [-0.05, 0) is 41.1 Å². The topological polar surface area (TPSA) is 84.9 Å². The van der Waals surface area contributed by atoms with Gasteiger partial charge in [0.2, 0.25) is 5.91 Å². The number of thiophene rings is 1. The van der Waals surface area contributed by atoms with E-state index < -0.39 is 10.0 Å². The Morgan fingerprint density at radius 1 is 1.23 bits per heavy atom. The maximum atomic E-state index is 12.4. The molecule has 0 saturated carbocycles. The van der Waals surface area contributed by atoms with Gasteiger partial charge in [-0.2, -0.15) is 0 Å². The van der Waals surface area contributed by atoms with Crippen LogP contribution in [0.1, 0.15) is 11.1 Å². The molecule has 1 aromatic carbocycles. The van der Waals surface area contributed by atoms with E-state index in [1.165, 1.54) is 6.07 Å². The number of carbonyl (C=O) groups is 1. The van der Waals surface area contributed by atoms with Gasteiger partial charge in [-0.15, -0.1) is 11.3 Å². The Hall–Kier alpha value is -2.10. The van der Waals surface area contributed by atoms with Crippen molar-refractivity contribution in [2.45, 2.75) is 17.2 Å². The molecule has 0 bridgehead atoms. The molecule has 1 aliphatic heterocycles. The van der Waals surface area contributed by atoms with Crippen LogP contribution in [0.4, 0.5) is 0 Å². The first-order valence-corrected chi connectivity index (χ1v) is 10.4. The van der Waals surface area contributed by atoms with Crippen LogP contribution >= 0.6 is 11.3 Å². The minimum Gasteiger partial charge on any atom is -0.493 e. The lowest BCUT2D eigenvalue weighted by Crippen LogP contribution is -2.42. The highest BCUT2D eigenvalue weighted by Gasteiger charge is 2.24. The zero-order chi connectivity index (χ0) is 18.7. The number of hydrogen-bond acceptors (Lipinski definition) is 6. The van der Waals surface area contributed by atoms with Crippen molar-refractivity contribution in [2.75, 3.05) is 27.3 Å². The molecule has 0 radical (unpaired) electrons. The van der Waals surface area contributed by atoms with Gasteiger partial charge in [0.05, 0.1) is 20.8 Å². The Morgan fingerprint density at radius 2 is 1.92 bits per heavy atom. The molecule has 0 aliphatic carbocycles. The molecule has 1 amide bonds. The third-order valence-electron chi connectivity index (χ3n) is 4.24. The fraction of sp³-hybridized carbons (Fsp3) is 0.353. The Bertz CT molecular complexity index is 894. The summed E-state index contributed by atoms with van der Waals surface area (Å²) in [6.07, 6.45) is 0.680. The predicted octanol–water partition coefficient (Wildman–Crippen LogP) is 1.63.